The minimum Gasteiger partial charge on any atom is -0.396 e. The van der Waals surface area contributed by atoms with Crippen molar-refractivity contribution in [3.05, 3.63) is 13.8 Å². The van der Waals surface area contributed by atoms with Crippen molar-refractivity contribution < 1.29 is 5.11 Å². The summed E-state index contributed by atoms with van der Waals surface area (Å²) in [5, 5.41) is 8.75. The molecule has 2 heteroatoms. The molecule has 0 aliphatic rings. The topological polar surface area (TPSA) is 20.2 Å². The van der Waals surface area contributed by atoms with E-state index in [2.05, 4.69) is 48.5 Å². The molecule has 1 atom stereocenters. The van der Waals surface area contributed by atoms with Crippen LogP contribution in [0.15, 0.2) is 0 Å². The summed E-state index contributed by atoms with van der Waals surface area (Å²) in [4.78, 5) is 0. The summed E-state index contributed by atoms with van der Waals surface area (Å²) in [5.41, 5.74) is 0. The first-order chi connectivity index (χ1) is 10.7. The molecule has 0 aromatic carbocycles. The van der Waals surface area contributed by atoms with Gasteiger partial charge in [-0.2, -0.15) is 13.3 Å². The number of hydrogen-bond acceptors (Lipinski definition) is 1. The molecule has 0 aliphatic heterocycles. The van der Waals surface area contributed by atoms with Gasteiger partial charge in [-0.1, -0.05) is 92.4 Å². The van der Waals surface area contributed by atoms with Gasteiger partial charge in [-0.3, -0.25) is 0 Å². The Morgan fingerprint density at radius 2 is 1.13 bits per heavy atom. The minimum absolute atomic E-state index is 0. The third-order valence-corrected chi connectivity index (χ3v) is 3.36. The van der Waals surface area contributed by atoms with Crippen LogP contribution in [0.2, 0.25) is 0 Å². The van der Waals surface area contributed by atoms with E-state index in [4.69, 9.17) is 5.11 Å². The fourth-order valence-corrected chi connectivity index (χ4v) is 1.59. The van der Waals surface area contributed by atoms with Crippen LogP contribution in [0.1, 0.15) is 112 Å². The van der Waals surface area contributed by atoms with Gasteiger partial charge in [-0.25, -0.2) is 0 Å². The molecule has 0 aromatic heterocycles. The molecular formula is C21H48MgO. The molecule has 23 heavy (non-hydrogen) atoms. The number of aliphatic hydroxyl groups excluding tert-OH is 1. The molecule has 1 nitrogen and oxygen atoms in total. The first-order valence-corrected chi connectivity index (χ1v) is 9.78. The summed E-state index contributed by atoms with van der Waals surface area (Å²) in [5.74, 6) is 0.560. The third kappa shape index (κ3) is 51.8. The van der Waals surface area contributed by atoms with E-state index in [0.29, 0.717) is 12.5 Å². The maximum atomic E-state index is 8.75. The fraction of sp³-hybridized carbons (Fsp3) is 0.905. The molecular weight excluding hydrogens is 293 g/mol. The Hall–Kier alpha value is 0.726. The Labute approximate surface area is 166 Å². The van der Waals surface area contributed by atoms with Gasteiger partial charge in [-0.15, -0.1) is 0 Å². The molecule has 1 unspecified atom stereocenters. The smallest absolute Gasteiger partial charge is 0.396 e. The van der Waals surface area contributed by atoms with E-state index in [1.54, 1.807) is 6.92 Å². The van der Waals surface area contributed by atoms with Gasteiger partial charge in [-0.05, 0) is 12.3 Å². The first kappa shape index (κ1) is 34.9. The summed E-state index contributed by atoms with van der Waals surface area (Å²) >= 11 is 0. The number of unbranched alkanes of at least 4 members (excludes halogenated alkanes) is 6. The van der Waals surface area contributed by atoms with Crippen LogP contribution in [0.25, 0.3) is 0 Å². The molecule has 140 valence electrons. The molecule has 1 N–H and O–H groups in total. The Morgan fingerprint density at radius 1 is 0.739 bits per heavy atom. The van der Waals surface area contributed by atoms with Gasteiger partial charge in [0.1, 0.15) is 0 Å². The third-order valence-electron chi connectivity index (χ3n) is 3.36. The van der Waals surface area contributed by atoms with Crippen LogP contribution in [0, 0.1) is 19.8 Å². The molecule has 0 amide bonds. The summed E-state index contributed by atoms with van der Waals surface area (Å²) < 4.78 is 0. The van der Waals surface area contributed by atoms with Gasteiger partial charge in [0.05, 0.1) is 0 Å². The molecule has 0 saturated heterocycles. The fourth-order valence-electron chi connectivity index (χ4n) is 1.59. The summed E-state index contributed by atoms with van der Waals surface area (Å²) in [7, 11) is 0. The minimum atomic E-state index is 0. The van der Waals surface area contributed by atoms with Crippen LogP contribution in [0.5, 0.6) is 0 Å². The van der Waals surface area contributed by atoms with Crippen molar-refractivity contribution in [2.45, 2.75) is 112 Å². The largest absolute Gasteiger partial charge is 2.00 e. The second kappa shape index (κ2) is 43.4. The molecule has 0 heterocycles. The number of rotatable bonds is 10. The van der Waals surface area contributed by atoms with Crippen LogP contribution in [-0.2, 0) is 0 Å². The molecule has 0 spiro atoms. The van der Waals surface area contributed by atoms with Crippen molar-refractivity contribution in [1.82, 2.24) is 0 Å². The van der Waals surface area contributed by atoms with E-state index in [0.717, 1.165) is 12.8 Å². The van der Waals surface area contributed by atoms with Gasteiger partial charge >= 0.3 is 23.1 Å². The van der Waals surface area contributed by atoms with Gasteiger partial charge in [0.15, 0.2) is 0 Å². The van der Waals surface area contributed by atoms with Gasteiger partial charge < -0.3 is 19.0 Å². The summed E-state index contributed by atoms with van der Waals surface area (Å²) in [6.07, 6.45) is 14.1. The molecule has 0 radical (unpaired) electrons. The average Bonchev–Trinajstić information content (AvgIpc) is 2.59. The second-order valence-electron chi connectivity index (χ2n) is 5.51. The van der Waals surface area contributed by atoms with E-state index in [-0.39, 0.29) is 23.1 Å². The number of hydrogen-bond donors (Lipinski definition) is 1. The Balaban J connectivity index is -0.0000000691. The standard InChI is InChI=1S/C8H18O.C7H16.C4H9.C2H5.Mg/c1-3-5-6-8(4-2)7-9;1-3-5-7-6-4-2;1-3-4-2;1-2;/h8-9H,3-7H2,1-2H3;3-7H2,1-2H3;1,3-4H2,2H3;1H2,2H3;/q;;2*-1;+2. The Bertz CT molecular complexity index is 119. The molecule has 0 rings (SSSR count). The predicted octanol–water partition coefficient (Wildman–Crippen LogP) is 7.25. The first-order valence-electron chi connectivity index (χ1n) is 9.78. The van der Waals surface area contributed by atoms with E-state index in [1.807, 2.05) is 0 Å². The van der Waals surface area contributed by atoms with Crippen molar-refractivity contribution in [3.8, 4) is 0 Å². The normalized spacial score (nSPS) is 9.78. The van der Waals surface area contributed by atoms with Crippen molar-refractivity contribution in [2.75, 3.05) is 6.61 Å². The average molecular weight is 341 g/mol. The van der Waals surface area contributed by atoms with Crippen molar-refractivity contribution >= 4 is 23.1 Å². The second-order valence-corrected chi connectivity index (χ2v) is 5.51. The van der Waals surface area contributed by atoms with E-state index < -0.39 is 0 Å². The van der Waals surface area contributed by atoms with Crippen LogP contribution >= 0.6 is 0 Å². The Morgan fingerprint density at radius 3 is 1.35 bits per heavy atom. The molecule has 0 aromatic rings. The van der Waals surface area contributed by atoms with Crippen LogP contribution in [0.3, 0.4) is 0 Å². The number of aliphatic hydroxyl groups is 1. The van der Waals surface area contributed by atoms with E-state index in [9.17, 15) is 0 Å². The van der Waals surface area contributed by atoms with Crippen molar-refractivity contribution in [2.24, 2.45) is 5.92 Å². The van der Waals surface area contributed by atoms with Crippen LogP contribution in [-0.4, -0.2) is 34.8 Å². The zero-order chi connectivity index (χ0) is 18.1. The monoisotopic (exact) mass is 340 g/mol. The summed E-state index contributed by atoms with van der Waals surface area (Å²) in [6, 6.07) is 0. The summed E-state index contributed by atoms with van der Waals surface area (Å²) in [6.45, 7) is 19.9. The molecule has 0 fully saturated rings. The van der Waals surface area contributed by atoms with E-state index in [1.165, 1.54) is 57.8 Å². The zero-order valence-electron chi connectivity index (χ0n) is 17.6. The SMILES string of the molecule is CCCCC(CC)CO.CCCCCCC.[CH2-]C.[CH2-]CCC.[Mg+2]. The maximum absolute atomic E-state index is 8.75. The quantitative estimate of drug-likeness (QED) is 0.252. The van der Waals surface area contributed by atoms with Crippen molar-refractivity contribution in [3.63, 3.8) is 0 Å². The maximum Gasteiger partial charge on any atom is 2.00 e. The Kier molecular flexibility index (Phi) is 65.9. The van der Waals surface area contributed by atoms with Crippen LogP contribution in [0.4, 0.5) is 0 Å². The molecule has 0 saturated carbocycles. The van der Waals surface area contributed by atoms with Gasteiger partial charge in [0.25, 0.3) is 0 Å². The van der Waals surface area contributed by atoms with Crippen molar-refractivity contribution in [1.29, 1.82) is 0 Å². The van der Waals surface area contributed by atoms with Gasteiger partial charge in [0.2, 0.25) is 0 Å². The molecule has 0 aliphatic carbocycles. The zero-order valence-corrected chi connectivity index (χ0v) is 19.0. The van der Waals surface area contributed by atoms with Crippen LogP contribution < -0.4 is 0 Å². The van der Waals surface area contributed by atoms with Gasteiger partial charge in [0, 0.05) is 6.61 Å². The molecule has 0 bridgehead atoms. The predicted molar refractivity (Wildman–Crippen MR) is 112 cm³/mol. The van der Waals surface area contributed by atoms with E-state index >= 15 is 0 Å².